The van der Waals surface area contributed by atoms with Gasteiger partial charge in [-0.3, -0.25) is 4.79 Å². The topological polar surface area (TPSA) is 40.5 Å². The summed E-state index contributed by atoms with van der Waals surface area (Å²) < 4.78 is 14.4. The number of aryl methyl sites for hydroxylation is 1. The average Bonchev–Trinajstić information content (AvgIpc) is 2.46. The van der Waals surface area contributed by atoms with Gasteiger partial charge in [-0.25, -0.2) is 4.39 Å². The molecule has 0 bridgehead atoms. The van der Waals surface area contributed by atoms with Gasteiger partial charge in [-0.1, -0.05) is 22.0 Å². The van der Waals surface area contributed by atoms with E-state index in [1.807, 2.05) is 4.90 Å². The Morgan fingerprint density at radius 1 is 1.40 bits per heavy atom. The lowest BCUT2D eigenvalue weighted by atomic mass is 9.97. The van der Waals surface area contributed by atoms with Gasteiger partial charge in [0.1, 0.15) is 5.82 Å². The van der Waals surface area contributed by atoms with E-state index in [-0.39, 0.29) is 18.3 Å². The standard InChI is InChI=1S/C15H19BrFNO2/c16-13-3-1-12(14(17)9-13)2-4-15(20)18-7-5-11(10-19)6-8-18/h1,3,9,11,19H,2,4-8,10H2. The Hall–Kier alpha value is -0.940. The number of piperidine rings is 1. The van der Waals surface area contributed by atoms with E-state index in [1.54, 1.807) is 12.1 Å². The second-order valence-electron chi connectivity index (χ2n) is 5.24. The van der Waals surface area contributed by atoms with E-state index in [4.69, 9.17) is 5.11 Å². The number of carbonyl (C=O) groups is 1. The van der Waals surface area contributed by atoms with Crippen molar-refractivity contribution in [3.8, 4) is 0 Å². The highest BCUT2D eigenvalue weighted by Gasteiger charge is 2.22. The molecule has 1 aromatic rings. The Morgan fingerprint density at radius 2 is 2.10 bits per heavy atom. The number of aliphatic hydroxyl groups is 1. The molecule has 0 spiro atoms. The molecular formula is C15H19BrFNO2. The maximum atomic E-state index is 13.7. The van der Waals surface area contributed by atoms with E-state index in [2.05, 4.69) is 15.9 Å². The van der Waals surface area contributed by atoms with Crippen molar-refractivity contribution in [2.24, 2.45) is 5.92 Å². The zero-order valence-electron chi connectivity index (χ0n) is 11.3. The normalized spacial score (nSPS) is 16.4. The van der Waals surface area contributed by atoms with Crippen molar-refractivity contribution in [1.82, 2.24) is 4.90 Å². The fourth-order valence-corrected chi connectivity index (χ4v) is 2.82. The van der Waals surface area contributed by atoms with Crippen LogP contribution in [-0.2, 0) is 11.2 Å². The number of halogens is 2. The van der Waals surface area contributed by atoms with Crippen LogP contribution in [0, 0.1) is 11.7 Å². The molecule has 0 unspecified atom stereocenters. The minimum Gasteiger partial charge on any atom is -0.396 e. The Bertz CT molecular complexity index is 473. The summed E-state index contributed by atoms with van der Waals surface area (Å²) in [7, 11) is 0. The smallest absolute Gasteiger partial charge is 0.222 e. The van der Waals surface area contributed by atoms with Crippen LogP contribution >= 0.6 is 15.9 Å². The number of amides is 1. The lowest BCUT2D eigenvalue weighted by Crippen LogP contribution is -2.39. The Morgan fingerprint density at radius 3 is 2.70 bits per heavy atom. The molecule has 0 aliphatic carbocycles. The quantitative estimate of drug-likeness (QED) is 0.913. The summed E-state index contributed by atoms with van der Waals surface area (Å²) in [5, 5.41) is 9.07. The number of aliphatic hydroxyl groups excluding tert-OH is 1. The van der Waals surface area contributed by atoms with Gasteiger partial charge in [0, 0.05) is 30.6 Å². The van der Waals surface area contributed by atoms with Gasteiger partial charge in [0.05, 0.1) is 0 Å². The molecule has 0 aromatic heterocycles. The SMILES string of the molecule is O=C(CCc1ccc(Br)cc1F)N1CCC(CO)CC1. The number of likely N-dealkylation sites (tertiary alicyclic amines) is 1. The minimum atomic E-state index is -0.272. The van der Waals surface area contributed by atoms with Crippen LogP contribution in [0.25, 0.3) is 0 Å². The maximum absolute atomic E-state index is 13.7. The van der Waals surface area contributed by atoms with Crippen molar-refractivity contribution >= 4 is 21.8 Å². The van der Waals surface area contributed by atoms with Crippen LogP contribution in [0.1, 0.15) is 24.8 Å². The third kappa shape index (κ3) is 4.03. The van der Waals surface area contributed by atoms with Crippen LogP contribution in [0.15, 0.2) is 22.7 Å². The van der Waals surface area contributed by atoms with Crippen LogP contribution in [-0.4, -0.2) is 35.6 Å². The van der Waals surface area contributed by atoms with Crippen molar-refractivity contribution in [2.75, 3.05) is 19.7 Å². The number of rotatable bonds is 4. The summed E-state index contributed by atoms with van der Waals surface area (Å²) in [4.78, 5) is 13.9. The third-order valence-corrected chi connectivity index (χ3v) is 4.34. The van der Waals surface area contributed by atoms with E-state index in [9.17, 15) is 9.18 Å². The number of nitrogens with zero attached hydrogens (tertiary/aromatic N) is 1. The largest absolute Gasteiger partial charge is 0.396 e. The molecule has 1 heterocycles. The summed E-state index contributed by atoms with van der Waals surface area (Å²) in [5.74, 6) is 0.123. The predicted molar refractivity (Wildman–Crippen MR) is 78.8 cm³/mol. The molecule has 2 rings (SSSR count). The van der Waals surface area contributed by atoms with Gasteiger partial charge >= 0.3 is 0 Å². The highest BCUT2D eigenvalue weighted by Crippen LogP contribution is 2.19. The van der Waals surface area contributed by atoms with E-state index < -0.39 is 0 Å². The highest BCUT2D eigenvalue weighted by atomic mass is 79.9. The molecule has 1 aliphatic rings. The van der Waals surface area contributed by atoms with Gasteiger partial charge in [-0.15, -0.1) is 0 Å². The molecule has 1 N–H and O–H groups in total. The van der Waals surface area contributed by atoms with Gasteiger partial charge in [-0.05, 0) is 42.9 Å². The Balaban J connectivity index is 1.83. The summed E-state index contributed by atoms with van der Waals surface area (Å²) in [6.45, 7) is 1.60. The monoisotopic (exact) mass is 343 g/mol. The summed E-state index contributed by atoms with van der Waals surface area (Å²) in [5.41, 5.74) is 0.576. The Labute approximate surface area is 126 Å². The van der Waals surface area contributed by atoms with Crippen LogP contribution in [0.4, 0.5) is 4.39 Å². The van der Waals surface area contributed by atoms with Crippen molar-refractivity contribution in [1.29, 1.82) is 0 Å². The molecule has 0 saturated carbocycles. The summed E-state index contributed by atoms with van der Waals surface area (Å²) in [6, 6.07) is 4.92. The van der Waals surface area contributed by atoms with E-state index >= 15 is 0 Å². The first-order chi connectivity index (χ1) is 9.60. The van der Waals surface area contributed by atoms with Crippen LogP contribution < -0.4 is 0 Å². The number of benzene rings is 1. The van der Waals surface area contributed by atoms with E-state index in [0.717, 1.165) is 12.8 Å². The van der Waals surface area contributed by atoms with Crippen molar-refractivity contribution in [3.05, 3.63) is 34.1 Å². The minimum absolute atomic E-state index is 0.0729. The van der Waals surface area contributed by atoms with Gasteiger partial charge in [0.15, 0.2) is 0 Å². The number of hydrogen-bond acceptors (Lipinski definition) is 2. The van der Waals surface area contributed by atoms with Gasteiger partial charge in [-0.2, -0.15) is 0 Å². The highest BCUT2D eigenvalue weighted by molar-refractivity contribution is 9.10. The van der Waals surface area contributed by atoms with Crippen molar-refractivity contribution in [3.63, 3.8) is 0 Å². The van der Waals surface area contributed by atoms with Crippen molar-refractivity contribution in [2.45, 2.75) is 25.7 Å². The zero-order chi connectivity index (χ0) is 14.5. The second-order valence-corrected chi connectivity index (χ2v) is 6.16. The molecule has 1 amide bonds. The molecule has 110 valence electrons. The molecule has 1 fully saturated rings. The molecule has 5 heteroatoms. The first kappa shape index (κ1) is 15.4. The summed E-state index contributed by atoms with van der Waals surface area (Å²) >= 11 is 3.22. The van der Waals surface area contributed by atoms with E-state index in [0.29, 0.717) is 41.9 Å². The molecule has 3 nitrogen and oxygen atoms in total. The van der Waals surface area contributed by atoms with Gasteiger partial charge in [0.25, 0.3) is 0 Å². The third-order valence-electron chi connectivity index (χ3n) is 3.85. The molecule has 1 aliphatic heterocycles. The van der Waals surface area contributed by atoms with Crippen LogP contribution in [0.2, 0.25) is 0 Å². The first-order valence-electron chi connectivity index (χ1n) is 6.92. The molecular weight excluding hydrogens is 325 g/mol. The lowest BCUT2D eigenvalue weighted by Gasteiger charge is -2.31. The maximum Gasteiger partial charge on any atom is 0.222 e. The molecule has 0 atom stereocenters. The summed E-state index contributed by atoms with van der Waals surface area (Å²) in [6.07, 6.45) is 2.48. The second kappa shape index (κ2) is 7.18. The first-order valence-corrected chi connectivity index (χ1v) is 7.72. The fourth-order valence-electron chi connectivity index (χ4n) is 2.49. The fraction of sp³-hybridized carbons (Fsp3) is 0.533. The van der Waals surface area contributed by atoms with Gasteiger partial charge in [0.2, 0.25) is 5.91 Å². The molecule has 0 radical (unpaired) electrons. The lowest BCUT2D eigenvalue weighted by molar-refractivity contribution is -0.132. The van der Waals surface area contributed by atoms with Crippen molar-refractivity contribution < 1.29 is 14.3 Å². The number of hydrogen-bond donors (Lipinski definition) is 1. The molecule has 1 saturated heterocycles. The molecule has 20 heavy (non-hydrogen) atoms. The molecule has 1 aromatic carbocycles. The predicted octanol–water partition coefficient (Wildman–Crippen LogP) is 2.75. The number of carbonyl (C=O) groups excluding carboxylic acids is 1. The average molecular weight is 344 g/mol. The van der Waals surface area contributed by atoms with Crippen LogP contribution in [0.3, 0.4) is 0 Å². The van der Waals surface area contributed by atoms with E-state index in [1.165, 1.54) is 6.07 Å². The Kier molecular flexibility index (Phi) is 5.54. The van der Waals surface area contributed by atoms with Crippen LogP contribution in [0.5, 0.6) is 0 Å². The zero-order valence-corrected chi connectivity index (χ0v) is 12.9. The van der Waals surface area contributed by atoms with Gasteiger partial charge < -0.3 is 10.0 Å².